The first-order chi connectivity index (χ1) is 7.91. The van der Waals surface area contributed by atoms with Gasteiger partial charge in [0.1, 0.15) is 11.3 Å². The van der Waals surface area contributed by atoms with Crippen molar-refractivity contribution in [2.75, 3.05) is 6.61 Å². The number of H-pyrrole nitrogens is 1. The molecule has 0 spiro atoms. The minimum absolute atomic E-state index is 0.0466. The van der Waals surface area contributed by atoms with E-state index in [4.69, 9.17) is 4.74 Å². The molecular weight excluding hydrogens is 257 g/mol. The number of carbonyl (C=O) groups is 1. The van der Waals surface area contributed by atoms with Gasteiger partial charge in [-0.1, -0.05) is 0 Å². The van der Waals surface area contributed by atoms with Crippen LogP contribution in [0.25, 0.3) is 10.3 Å². The van der Waals surface area contributed by atoms with Crippen molar-refractivity contribution in [3.63, 3.8) is 0 Å². The highest BCUT2D eigenvalue weighted by Crippen LogP contribution is 2.35. The van der Waals surface area contributed by atoms with Crippen LogP contribution in [-0.4, -0.2) is 22.5 Å². The summed E-state index contributed by atoms with van der Waals surface area (Å²) in [4.78, 5) is 17.2. The standard InChI is InChI=1S/C9H7F3N2O2S/c1-2-16-7(15)4-3-5-6(13-4)14-8(17-5)9(10,11)12/h3,13H,2H2,1H3. The zero-order chi connectivity index (χ0) is 12.6. The van der Waals surface area contributed by atoms with Gasteiger partial charge in [0, 0.05) is 0 Å². The molecule has 2 aromatic rings. The van der Waals surface area contributed by atoms with Gasteiger partial charge >= 0.3 is 12.1 Å². The molecule has 8 heteroatoms. The minimum Gasteiger partial charge on any atom is -0.461 e. The summed E-state index contributed by atoms with van der Waals surface area (Å²) in [7, 11) is 0. The van der Waals surface area contributed by atoms with E-state index in [0.717, 1.165) is 0 Å². The maximum atomic E-state index is 12.3. The maximum Gasteiger partial charge on any atom is 0.443 e. The number of aromatic amines is 1. The summed E-state index contributed by atoms with van der Waals surface area (Å²) in [5, 5.41) is -0.936. The molecule has 92 valence electrons. The fourth-order valence-corrected chi connectivity index (χ4v) is 2.09. The number of carbonyl (C=O) groups excluding carboxylic acids is 1. The molecule has 0 unspecified atom stereocenters. The second-order valence-electron chi connectivity index (χ2n) is 3.13. The molecule has 0 aliphatic carbocycles. The van der Waals surface area contributed by atoms with Gasteiger partial charge < -0.3 is 9.72 Å². The Bertz CT molecular complexity index is 527. The van der Waals surface area contributed by atoms with Crippen molar-refractivity contribution in [2.45, 2.75) is 13.1 Å². The fourth-order valence-electron chi connectivity index (χ4n) is 1.25. The largest absolute Gasteiger partial charge is 0.461 e. The van der Waals surface area contributed by atoms with E-state index in [1.165, 1.54) is 6.07 Å². The monoisotopic (exact) mass is 264 g/mol. The van der Waals surface area contributed by atoms with Gasteiger partial charge in [-0.05, 0) is 13.0 Å². The van der Waals surface area contributed by atoms with Crippen LogP contribution in [0.5, 0.6) is 0 Å². The summed E-state index contributed by atoms with van der Waals surface area (Å²) >= 11 is 0.485. The second kappa shape index (κ2) is 4.02. The first-order valence-electron chi connectivity index (χ1n) is 4.65. The molecule has 2 aromatic heterocycles. The number of hydrogen-bond acceptors (Lipinski definition) is 4. The molecule has 17 heavy (non-hydrogen) atoms. The summed E-state index contributed by atoms with van der Waals surface area (Å²) in [6.07, 6.45) is -4.46. The van der Waals surface area contributed by atoms with Crippen LogP contribution in [0, 0.1) is 0 Å². The Hall–Kier alpha value is -1.57. The molecule has 0 aromatic carbocycles. The fraction of sp³-hybridized carbons (Fsp3) is 0.333. The SMILES string of the molecule is CCOC(=O)c1cc2sc(C(F)(F)F)nc2[nH]1. The Balaban J connectivity index is 2.35. The van der Waals surface area contributed by atoms with Crippen molar-refractivity contribution >= 4 is 27.7 Å². The van der Waals surface area contributed by atoms with Crippen LogP contribution in [-0.2, 0) is 10.9 Å². The van der Waals surface area contributed by atoms with Gasteiger partial charge in [-0.2, -0.15) is 13.2 Å². The molecule has 0 radical (unpaired) electrons. The van der Waals surface area contributed by atoms with Crippen molar-refractivity contribution in [3.05, 3.63) is 16.8 Å². The van der Waals surface area contributed by atoms with Gasteiger partial charge in [0.25, 0.3) is 0 Å². The normalized spacial score (nSPS) is 12.0. The lowest BCUT2D eigenvalue weighted by Crippen LogP contribution is -2.05. The average Bonchev–Trinajstić information content (AvgIpc) is 2.72. The van der Waals surface area contributed by atoms with Crippen LogP contribution in [0.2, 0.25) is 0 Å². The van der Waals surface area contributed by atoms with Crippen LogP contribution in [0.4, 0.5) is 13.2 Å². The molecule has 4 nitrogen and oxygen atoms in total. The predicted octanol–water partition coefficient (Wildman–Crippen LogP) is 2.82. The second-order valence-corrected chi connectivity index (χ2v) is 4.16. The average molecular weight is 264 g/mol. The van der Waals surface area contributed by atoms with Crippen molar-refractivity contribution in [1.29, 1.82) is 0 Å². The van der Waals surface area contributed by atoms with Crippen LogP contribution in [0.15, 0.2) is 6.07 Å². The molecular formula is C9H7F3N2O2S. The third kappa shape index (κ3) is 2.26. The van der Waals surface area contributed by atoms with Crippen LogP contribution in [0.3, 0.4) is 0 Å². The highest BCUT2D eigenvalue weighted by atomic mass is 32.1. The van der Waals surface area contributed by atoms with Gasteiger partial charge in [0.05, 0.1) is 11.3 Å². The zero-order valence-electron chi connectivity index (χ0n) is 8.59. The number of ether oxygens (including phenoxy) is 1. The number of esters is 1. The third-order valence-corrected chi connectivity index (χ3v) is 2.97. The highest BCUT2D eigenvalue weighted by molar-refractivity contribution is 7.18. The van der Waals surface area contributed by atoms with Gasteiger partial charge in [0.15, 0.2) is 0 Å². The number of aromatic nitrogens is 2. The zero-order valence-corrected chi connectivity index (χ0v) is 9.41. The van der Waals surface area contributed by atoms with E-state index < -0.39 is 17.2 Å². The molecule has 0 aliphatic heterocycles. The first-order valence-corrected chi connectivity index (χ1v) is 5.47. The number of hydrogen-bond donors (Lipinski definition) is 1. The van der Waals surface area contributed by atoms with Gasteiger partial charge in [-0.3, -0.25) is 0 Å². The summed E-state index contributed by atoms with van der Waals surface area (Å²) in [6, 6.07) is 1.31. The highest BCUT2D eigenvalue weighted by Gasteiger charge is 2.35. The van der Waals surface area contributed by atoms with Crippen molar-refractivity contribution < 1.29 is 22.7 Å². The molecule has 2 rings (SSSR count). The first kappa shape index (κ1) is 11.9. The van der Waals surface area contributed by atoms with E-state index in [9.17, 15) is 18.0 Å². The van der Waals surface area contributed by atoms with E-state index in [0.29, 0.717) is 11.3 Å². The number of thiazole rings is 1. The number of fused-ring (bicyclic) bond motifs is 1. The smallest absolute Gasteiger partial charge is 0.443 e. The molecule has 0 saturated heterocycles. The van der Waals surface area contributed by atoms with Gasteiger partial charge in [-0.15, -0.1) is 11.3 Å². The lowest BCUT2D eigenvalue weighted by molar-refractivity contribution is -0.137. The molecule has 2 heterocycles. The molecule has 1 N–H and O–H groups in total. The Labute approximate surface area is 97.4 Å². The molecule has 0 saturated carbocycles. The maximum absolute atomic E-state index is 12.3. The Morgan fingerprint density at radius 1 is 1.59 bits per heavy atom. The van der Waals surface area contributed by atoms with Crippen molar-refractivity contribution in [3.8, 4) is 0 Å². The molecule has 0 aliphatic rings. The number of rotatable bonds is 2. The third-order valence-electron chi connectivity index (χ3n) is 1.92. The van der Waals surface area contributed by atoms with E-state index >= 15 is 0 Å². The van der Waals surface area contributed by atoms with Crippen molar-refractivity contribution in [2.24, 2.45) is 0 Å². The summed E-state index contributed by atoms with van der Waals surface area (Å²) in [5.74, 6) is -0.605. The molecule has 0 fully saturated rings. The summed E-state index contributed by atoms with van der Waals surface area (Å²) < 4.78 is 42.0. The Morgan fingerprint density at radius 2 is 2.29 bits per heavy atom. The summed E-state index contributed by atoms with van der Waals surface area (Å²) in [6.45, 7) is 1.84. The number of nitrogens with zero attached hydrogens (tertiary/aromatic N) is 1. The minimum atomic E-state index is -4.46. The number of alkyl halides is 3. The Kier molecular flexibility index (Phi) is 2.82. The van der Waals surface area contributed by atoms with E-state index in [1.807, 2.05) is 0 Å². The predicted molar refractivity (Wildman–Crippen MR) is 54.9 cm³/mol. The number of nitrogens with one attached hydrogen (secondary N) is 1. The number of halogens is 3. The lowest BCUT2D eigenvalue weighted by Gasteiger charge is -1.99. The van der Waals surface area contributed by atoms with E-state index in [-0.39, 0.29) is 22.6 Å². The van der Waals surface area contributed by atoms with Crippen LogP contribution < -0.4 is 0 Å². The topological polar surface area (TPSA) is 55.0 Å². The quantitative estimate of drug-likeness (QED) is 0.848. The molecule has 0 amide bonds. The molecule has 0 bridgehead atoms. The van der Waals surface area contributed by atoms with E-state index in [2.05, 4.69) is 9.97 Å². The van der Waals surface area contributed by atoms with Gasteiger partial charge in [-0.25, -0.2) is 9.78 Å². The lowest BCUT2D eigenvalue weighted by atomic mass is 10.4. The van der Waals surface area contributed by atoms with Crippen molar-refractivity contribution in [1.82, 2.24) is 9.97 Å². The van der Waals surface area contributed by atoms with Gasteiger partial charge in [0.2, 0.25) is 5.01 Å². The summed E-state index contributed by atoms with van der Waals surface area (Å²) in [5.41, 5.74) is 0.153. The van der Waals surface area contributed by atoms with E-state index in [1.54, 1.807) is 6.92 Å². The molecule has 0 atom stereocenters. The Morgan fingerprint density at radius 3 is 2.82 bits per heavy atom. The van der Waals surface area contributed by atoms with Crippen LogP contribution >= 0.6 is 11.3 Å². The van der Waals surface area contributed by atoms with Crippen LogP contribution in [0.1, 0.15) is 22.4 Å².